The highest BCUT2D eigenvalue weighted by atomic mass is 79.9. The van der Waals surface area contributed by atoms with E-state index in [0.717, 1.165) is 10.9 Å². The number of rotatable bonds is 3. The second-order valence-electron chi connectivity index (χ2n) is 3.13. The molecule has 92 valence electrons. The molecule has 0 aliphatic rings. The Morgan fingerprint density at radius 3 is 2.39 bits per heavy atom. The van der Waals surface area contributed by atoms with Crippen LogP contribution in [-0.2, 0) is 0 Å². The summed E-state index contributed by atoms with van der Waals surface area (Å²) < 4.78 is 1.36. The SMILES string of the molecule is O=[N+]([O-])c1ccc(-n2cc(Br)c([N+](=O)[O-])n2)nc1. The van der Waals surface area contributed by atoms with Gasteiger partial charge in [-0.1, -0.05) is 0 Å². The molecule has 18 heavy (non-hydrogen) atoms. The Morgan fingerprint density at radius 1 is 1.22 bits per heavy atom. The molecule has 0 unspecified atom stereocenters. The fourth-order valence-electron chi connectivity index (χ4n) is 1.21. The third-order valence-corrected chi connectivity index (χ3v) is 2.56. The Bertz CT molecular complexity index is 623. The summed E-state index contributed by atoms with van der Waals surface area (Å²) in [5.41, 5.74) is -0.167. The minimum absolute atomic E-state index is 0.167. The molecule has 2 rings (SSSR count). The summed E-state index contributed by atoms with van der Waals surface area (Å²) in [5.74, 6) is -0.107. The van der Waals surface area contributed by atoms with E-state index in [1.165, 1.54) is 18.3 Å². The van der Waals surface area contributed by atoms with Gasteiger partial charge in [-0.15, -0.1) is 4.68 Å². The van der Waals surface area contributed by atoms with E-state index in [2.05, 4.69) is 26.0 Å². The van der Waals surface area contributed by atoms with Gasteiger partial charge in [0.25, 0.3) is 5.69 Å². The van der Waals surface area contributed by atoms with Crippen molar-refractivity contribution in [2.24, 2.45) is 0 Å². The molecule has 2 heterocycles. The highest BCUT2D eigenvalue weighted by molar-refractivity contribution is 9.10. The zero-order chi connectivity index (χ0) is 13.3. The van der Waals surface area contributed by atoms with Crippen LogP contribution in [0.5, 0.6) is 0 Å². The molecule has 0 saturated heterocycles. The van der Waals surface area contributed by atoms with Gasteiger partial charge < -0.3 is 10.1 Å². The van der Waals surface area contributed by atoms with Crippen molar-refractivity contribution in [1.29, 1.82) is 0 Å². The molecule has 0 aromatic carbocycles. The van der Waals surface area contributed by atoms with Crippen LogP contribution in [-0.4, -0.2) is 24.6 Å². The van der Waals surface area contributed by atoms with E-state index in [1.807, 2.05) is 0 Å². The van der Waals surface area contributed by atoms with Crippen molar-refractivity contribution in [2.45, 2.75) is 0 Å². The molecule has 0 aliphatic heterocycles. The van der Waals surface area contributed by atoms with E-state index in [4.69, 9.17) is 0 Å². The van der Waals surface area contributed by atoms with Gasteiger partial charge in [0.1, 0.15) is 10.7 Å². The number of aromatic nitrogens is 3. The van der Waals surface area contributed by atoms with Crippen LogP contribution in [0.25, 0.3) is 5.82 Å². The molecule has 0 saturated carbocycles. The minimum Gasteiger partial charge on any atom is -0.358 e. The van der Waals surface area contributed by atoms with Gasteiger partial charge in [0.05, 0.1) is 16.2 Å². The molecule has 0 amide bonds. The van der Waals surface area contributed by atoms with E-state index in [0.29, 0.717) is 0 Å². The lowest BCUT2D eigenvalue weighted by molar-refractivity contribution is -0.390. The first-order valence-corrected chi connectivity index (χ1v) is 5.28. The highest BCUT2D eigenvalue weighted by Crippen LogP contribution is 2.23. The van der Waals surface area contributed by atoms with Crippen LogP contribution < -0.4 is 0 Å². The van der Waals surface area contributed by atoms with Gasteiger partial charge in [-0.3, -0.25) is 10.1 Å². The van der Waals surface area contributed by atoms with E-state index in [9.17, 15) is 20.2 Å². The number of hydrogen-bond donors (Lipinski definition) is 0. The maximum Gasteiger partial charge on any atom is 0.404 e. The molecule has 2 aromatic heterocycles. The number of hydrogen-bond acceptors (Lipinski definition) is 6. The molecule has 10 heteroatoms. The lowest BCUT2D eigenvalue weighted by atomic mass is 10.4. The van der Waals surface area contributed by atoms with Gasteiger partial charge in [-0.25, -0.2) is 4.98 Å². The summed E-state index contributed by atoms with van der Waals surface area (Å²) in [6, 6.07) is 2.59. The summed E-state index contributed by atoms with van der Waals surface area (Å²) >= 11 is 2.99. The first-order chi connectivity index (χ1) is 8.49. The van der Waals surface area contributed by atoms with Gasteiger partial charge >= 0.3 is 5.82 Å². The Morgan fingerprint density at radius 2 is 1.94 bits per heavy atom. The molecule has 0 radical (unpaired) electrons. The summed E-state index contributed by atoms with van der Waals surface area (Å²) in [6.07, 6.45) is 2.41. The van der Waals surface area contributed by atoms with Crippen LogP contribution in [0.2, 0.25) is 0 Å². The second kappa shape index (κ2) is 4.49. The van der Waals surface area contributed by atoms with Crippen molar-refractivity contribution in [2.75, 3.05) is 0 Å². The smallest absolute Gasteiger partial charge is 0.358 e. The third-order valence-electron chi connectivity index (χ3n) is 2.00. The number of halogens is 1. The zero-order valence-electron chi connectivity index (χ0n) is 8.56. The van der Waals surface area contributed by atoms with Crippen molar-refractivity contribution in [3.63, 3.8) is 0 Å². The van der Waals surface area contributed by atoms with Crippen LogP contribution in [0.4, 0.5) is 11.5 Å². The Balaban J connectivity index is 2.40. The lowest BCUT2D eigenvalue weighted by Gasteiger charge is -1.94. The second-order valence-corrected chi connectivity index (χ2v) is 3.99. The van der Waals surface area contributed by atoms with Crippen LogP contribution in [0.15, 0.2) is 29.0 Å². The molecule has 0 spiro atoms. The van der Waals surface area contributed by atoms with Gasteiger partial charge in [-0.05, 0) is 26.9 Å². The minimum atomic E-state index is -0.647. The molecule has 0 N–H and O–H groups in total. The van der Waals surface area contributed by atoms with Gasteiger partial charge in [0, 0.05) is 6.07 Å². The average molecular weight is 314 g/mol. The molecule has 0 atom stereocenters. The predicted octanol–water partition coefficient (Wildman–Crippen LogP) is 1.85. The van der Waals surface area contributed by atoms with Crippen molar-refractivity contribution in [1.82, 2.24) is 14.8 Å². The van der Waals surface area contributed by atoms with E-state index < -0.39 is 9.85 Å². The van der Waals surface area contributed by atoms with Crippen LogP contribution in [0, 0.1) is 20.2 Å². The topological polar surface area (TPSA) is 117 Å². The van der Waals surface area contributed by atoms with Crippen molar-refractivity contribution < 1.29 is 9.85 Å². The monoisotopic (exact) mass is 313 g/mol. The Hall–Kier alpha value is -2.36. The van der Waals surface area contributed by atoms with E-state index in [1.54, 1.807) is 0 Å². The maximum absolute atomic E-state index is 10.6. The van der Waals surface area contributed by atoms with Gasteiger partial charge in [-0.2, -0.15) is 0 Å². The normalized spacial score (nSPS) is 10.3. The zero-order valence-corrected chi connectivity index (χ0v) is 10.1. The molecular formula is C8H4BrN5O4. The average Bonchev–Trinajstić information content (AvgIpc) is 2.71. The fraction of sp³-hybridized carbons (Fsp3) is 0. The van der Waals surface area contributed by atoms with Crippen LogP contribution in [0.3, 0.4) is 0 Å². The lowest BCUT2D eigenvalue weighted by Crippen LogP contribution is -1.99. The first kappa shape index (κ1) is 12.1. The van der Waals surface area contributed by atoms with Gasteiger partial charge in [0.2, 0.25) is 0 Å². The van der Waals surface area contributed by atoms with Crippen molar-refractivity contribution >= 4 is 27.4 Å². The summed E-state index contributed by atoms with van der Waals surface area (Å²) in [4.78, 5) is 23.6. The maximum atomic E-state index is 10.6. The standard InChI is InChI=1S/C8H4BrN5O4/c9-6-4-12(11-8(6)14(17)18)7-2-1-5(3-10-7)13(15)16/h1-4H. The molecule has 0 fully saturated rings. The molecule has 9 nitrogen and oxygen atoms in total. The molecular weight excluding hydrogens is 310 g/mol. The first-order valence-electron chi connectivity index (χ1n) is 4.49. The summed E-state index contributed by atoms with van der Waals surface area (Å²) in [7, 11) is 0. The van der Waals surface area contributed by atoms with Crippen LogP contribution >= 0.6 is 15.9 Å². The largest absolute Gasteiger partial charge is 0.404 e. The van der Waals surface area contributed by atoms with Crippen molar-refractivity contribution in [3.05, 3.63) is 49.2 Å². The highest BCUT2D eigenvalue weighted by Gasteiger charge is 2.20. The Kier molecular flexibility index (Phi) is 3.02. The van der Waals surface area contributed by atoms with E-state index in [-0.39, 0.29) is 21.8 Å². The Labute approximate surface area is 107 Å². The fourth-order valence-corrected chi connectivity index (χ4v) is 1.62. The number of nitro groups is 2. The molecule has 2 aromatic rings. The van der Waals surface area contributed by atoms with Gasteiger partial charge in [0.15, 0.2) is 5.82 Å². The third kappa shape index (κ3) is 2.18. The summed E-state index contributed by atoms with van der Waals surface area (Å²) in [6.45, 7) is 0. The summed E-state index contributed by atoms with van der Waals surface area (Å²) in [5, 5.41) is 24.7. The quantitative estimate of drug-likeness (QED) is 0.630. The number of nitrogens with zero attached hydrogens (tertiary/aromatic N) is 5. The van der Waals surface area contributed by atoms with Crippen molar-refractivity contribution in [3.8, 4) is 5.82 Å². The predicted molar refractivity (Wildman–Crippen MR) is 62.4 cm³/mol. The van der Waals surface area contributed by atoms with E-state index >= 15 is 0 Å². The molecule has 0 aliphatic carbocycles. The van der Waals surface area contributed by atoms with Crippen LogP contribution in [0.1, 0.15) is 0 Å². The number of pyridine rings is 1. The molecule has 0 bridgehead atoms.